The van der Waals surface area contributed by atoms with Crippen LogP contribution in [0, 0.1) is 23.7 Å². The van der Waals surface area contributed by atoms with Gasteiger partial charge in [-0.3, -0.25) is 29.5 Å². The highest BCUT2D eigenvalue weighted by atomic mass is 35.5. The van der Waals surface area contributed by atoms with Gasteiger partial charge in [-0.15, -0.1) is 0 Å². The van der Waals surface area contributed by atoms with Crippen LogP contribution >= 0.6 is 34.8 Å². The second-order valence-electron chi connectivity index (χ2n) is 14.0. The van der Waals surface area contributed by atoms with Gasteiger partial charge >= 0.3 is 12.1 Å². The average Bonchev–Trinajstić information content (AvgIpc) is 3.53. The monoisotopic (exact) mass is 824 g/mol. The highest BCUT2D eigenvalue weighted by Gasteiger charge is 2.70. The number of aromatic hydroxyl groups is 1. The van der Waals surface area contributed by atoms with Gasteiger partial charge in [0.05, 0.1) is 45.0 Å². The van der Waals surface area contributed by atoms with Crippen molar-refractivity contribution in [2.24, 2.45) is 23.7 Å². The minimum Gasteiger partial charge on any atom is -0.508 e. The molecule has 3 N–H and O–H groups in total. The van der Waals surface area contributed by atoms with E-state index in [-0.39, 0.29) is 34.9 Å². The van der Waals surface area contributed by atoms with Crippen LogP contribution < -0.4 is 10.3 Å². The third-order valence-electron chi connectivity index (χ3n) is 11.2. The predicted molar refractivity (Wildman–Crippen MR) is 196 cm³/mol. The number of rotatable bonds is 6. The van der Waals surface area contributed by atoms with Gasteiger partial charge in [-0.25, -0.2) is 9.78 Å². The number of hydrogen-bond acceptors (Lipinski definition) is 8. The molecule has 2 saturated heterocycles. The van der Waals surface area contributed by atoms with Gasteiger partial charge in [-0.1, -0.05) is 70.7 Å². The van der Waals surface area contributed by atoms with Crippen LogP contribution in [0.4, 0.5) is 24.7 Å². The van der Waals surface area contributed by atoms with Gasteiger partial charge in [-0.2, -0.15) is 18.2 Å². The second kappa shape index (κ2) is 13.4. The summed E-state index contributed by atoms with van der Waals surface area (Å²) in [5.74, 6) is -9.94. The molecular formula is C39H26Cl3F3N4O7. The molecule has 0 spiro atoms. The number of hydrogen-bond donors (Lipinski definition) is 3. The van der Waals surface area contributed by atoms with Crippen molar-refractivity contribution < 1.29 is 47.4 Å². The fourth-order valence-corrected chi connectivity index (χ4v) is 9.53. The van der Waals surface area contributed by atoms with Crippen LogP contribution in [0.15, 0.2) is 90.6 Å². The molecule has 6 unspecified atom stereocenters. The number of hydrazine groups is 1. The van der Waals surface area contributed by atoms with E-state index < -0.39 is 87.2 Å². The molecule has 286 valence electrons. The number of nitrogens with one attached hydrogen (secondary N) is 1. The molecular weight excluding hydrogens is 800 g/mol. The number of aromatic nitrogens is 1. The molecule has 0 radical (unpaired) electrons. The van der Waals surface area contributed by atoms with Crippen LogP contribution in [0.3, 0.4) is 0 Å². The average molecular weight is 826 g/mol. The van der Waals surface area contributed by atoms with E-state index in [4.69, 9.17) is 34.8 Å². The number of carbonyl (C=O) groups excluding carboxylic acids is 4. The number of amides is 4. The van der Waals surface area contributed by atoms with Crippen molar-refractivity contribution >= 4 is 75.9 Å². The number of alkyl halides is 3. The van der Waals surface area contributed by atoms with Crippen molar-refractivity contribution in [2.45, 2.75) is 30.4 Å². The molecule has 56 heavy (non-hydrogen) atoms. The van der Waals surface area contributed by atoms with Gasteiger partial charge < -0.3 is 10.2 Å². The Bertz CT molecular complexity index is 2430. The Morgan fingerprint density at radius 3 is 2.29 bits per heavy atom. The molecule has 2 aliphatic carbocycles. The summed E-state index contributed by atoms with van der Waals surface area (Å²) in [7, 11) is 0. The summed E-state index contributed by atoms with van der Waals surface area (Å²) in [6.45, 7) is 0. The van der Waals surface area contributed by atoms with Crippen molar-refractivity contribution in [1.82, 2.24) is 9.99 Å². The quantitative estimate of drug-likeness (QED) is 0.131. The smallest absolute Gasteiger partial charge is 0.417 e. The number of carboxylic acid groups (broad SMARTS) is 1. The fourth-order valence-electron chi connectivity index (χ4n) is 8.91. The Morgan fingerprint density at radius 2 is 1.62 bits per heavy atom. The molecule has 6 atom stereocenters. The molecule has 8 rings (SSSR count). The first-order chi connectivity index (χ1) is 26.5. The molecule has 1 aromatic heterocycles. The summed E-state index contributed by atoms with van der Waals surface area (Å²) >= 11 is 19.4. The number of phenolic OH excluding ortho intramolecular Hbond substituents is 1. The number of carboxylic acids is 1. The Labute approximate surface area is 330 Å². The maximum Gasteiger partial charge on any atom is 0.417 e. The molecule has 11 nitrogen and oxygen atoms in total. The molecule has 4 amide bonds. The summed E-state index contributed by atoms with van der Waals surface area (Å²) in [6, 6.07) is 16.3. The van der Waals surface area contributed by atoms with Crippen LogP contribution in [0.2, 0.25) is 15.1 Å². The van der Waals surface area contributed by atoms with E-state index in [1.807, 2.05) is 0 Å². The van der Waals surface area contributed by atoms with E-state index in [9.17, 15) is 42.6 Å². The maximum absolute atomic E-state index is 15.3. The lowest BCUT2D eigenvalue weighted by atomic mass is 9.49. The Hall–Kier alpha value is -5.44. The lowest BCUT2D eigenvalue weighted by molar-refractivity contribution is -0.139. The first-order valence-electron chi connectivity index (χ1n) is 17.1. The van der Waals surface area contributed by atoms with E-state index >= 15 is 4.79 Å². The molecule has 0 bridgehead atoms. The number of nitrogens with zero attached hydrogens (tertiary/aromatic N) is 3. The van der Waals surface area contributed by atoms with Crippen molar-refractivity contribution in [1.29, 1.82) is 0 Å². The van der Waals surface area contributed by atoms with Crippen LogP contribution in [0.5, 0.6) is 5.75 Å². The molecule has 4 aromatic rings. The minimum absolute atomic E-state index is 0.0193. The number of benzene rings is 3. The van der Waals surface area contributed by atoms with E-state index in [2.05, 4.69) is 10.4 Å². The zero-order valence-electron chi connectivity index (χ0n) is 28.4. The van der Waals surface area contributed by atoms with E-state index in [1.54, 1.807) is 18.2 Å². The summed E-state index contributed by atoms with van der Waals surface area (Å²) < 4.78 is 40.4. The highest BCUT2D eigenvalue weighted by Crippen LogP contribution is 2.65. The van der Waals surface area contributed by atoms with Crippen LogP contribution in [0.25, 0.3) is 0 Å². The van der Waals surface area contributed by atoms with Gasteiger partial charge in [0.15, 0.2) is 5.82 Å². The number of aromatic carboxylic acids is 1. The molecule has 3 heterocycles. The molecule has 4 aliphatic rings. The van der Waals surface area contributed by atoms with Crippen LogP contribution in [0.1, 0.15) is 45.8 Å². The number of imide groups is 2. The molecule has 3 fully saturated rings. The number of phenols is 1. The third-order valence-corrected chi connectivity index (χ3v) is 12.1. The largest absolute Gasteiger partial charge is 0.508 e. The Kier molecular flexibility index (Phi) is 8.94. The molecule has 17 heteroatoms. The van der Waals surface area contributed by atoms with E-state index in [1.165, 1.54) is 54.6 Å². The number of anilines is 2. The van der Waals surface area contributed by atoms with Gasteiger partial charge in [0.25, 0.3) is 11.8 Å². The normalized spacial score (nSPS) is 25.8. The van der Waals surface area contributed by atoms with Crippen molar-refractivity contribution in [3.05, 3.63) is 128 Å². The van der Waals surface area contributed by atoms with Gasteiger partial charge in [0.2, 0.25) is 11.8 Å². The van der Waals surface area contributed by atoms with E-state index in [0.29, 0.717) is 39.0 Å². The van der Waals surface area contributed by atoms with Crippen molar-refractivity contribution in [3.63, 3.8) is 0 Å². The van der Waals surface area contributed by atoms with Gasteiger partial charge in [0.1, 0.15) is 5.75 Å². The van der Waals surface area contributed by atoms with Crippen molar-refractivity contribution in [3.8, 4) is 5.75 Å². The summed E-state index contributed by atoms with van der Waals surface area (Å²) in [6.07, 6.45) is -2.63. The van der Waals surface area contributed by atoms with E-state index in [0.717, 1.165) is 4.90 Å². The van der Waals surface area contributed by atoms with Crippen molar-refractivity contribution in [2.75, 3.05) is 10.3 Å². The minimum atomic E-state index is -4.78. The SMILES string of the molecule is O=C(O)c1cccc(N2C(=O)C3CC=C4C(CC5C(=O)N(Nc6ncc(C(F)(F)F)cc6Cl)C(=O)C5(c5ccc(Cl)cc5)C4c4ccc(O)cc4Cl)C3C2=O)c1. The standard InChI is InChI=1S/C39H26Cl3F3N4O7/c40-20-6-4-18(5-7-20)38-27(34(52)49(37(38)56)47-32-29(42)13-19(16-46-32)39(43,44)45)15-26-23(31(38)24-9-8-22(50)14-28(24)41)10-11-25-30(26)35(53)48(33(25)51)21-3-1-2-17(12-21)36(54)55/h1-10,12-14,16,25-27,30-31,50H,11,15H2,(H,46,47)(H,54,55). The Balaban J connectivity index is 1.31. The highest BCUT2D eigenvalue weighted by molar-refractivity contribution is 6.33. The third kappa shape index (κ3) is 5.64. The first kappa shape index (κ1) is 37.5. The lowest BCUT2D eigenvalue weighted by Gasteiger charge is -2.50. The number of halogens is 6. The summed E-state index contributed by atoms with van der Waals surface area (Å²) in [4.78, 5) is 75.1. The zero-order valence-corrected chi connectivity index (χ0v) is 30.7. The lowest BCUT2D eigenvalue weighted by Crippen LogP contribution is -2.53. The number of fused-ring (bicyclic) bond motifs is 4. The topological polar surface area (TPSA) is 157 Å². The fraction of sp³-hybridized carbons (Fsp3) is 0.231. The van der Waals surface area contributed by atoms with Gasteiger partial charge in [0, 0.05) is 22.2 Å². The Morgan fingerprint density at radius 1 is 0.893 bits per heavy atom. The molecule has 1 saturated carbocycles. The number of pyridine rings is 1. The van der Waals surface area contributed by atoms with Crippen LogP contribution in [-0.2, 0) is 30.8 Å². The number of allylic oxidation sites excluding steroid dienone is 2. The second-order valence-corrected chi connectivity index (χ2v) is 15.2. The summed E-state index contributed by atoms with van der Waals surface area (Å²) in [5, 5.41) is 20.4. The first-order valence-corrected chi connectivity index (χ1v) is 18.2. The number of carbonyl (C=O) groups is 5. The molecule has 2 aliphatic heterocycles. The molecule has 3 aromatic carbocycles. The maximum atomic E-state index is 15.3. The zero-order chi connectivity index (χ0) is 40.0. The summed E-state index contributed by atoms with van der Waals surface area (Å²) in [5.41, 5.74) is 0.603. The predicted octanol–water partition coefficient (Wildman–Crippen LogP) is 7.65. The van der Waals surface area contributed by atoms with Gasteiger partial charge in [-0.05, 0) is 78.4 Å². The van der Waals surface area contributed by atoms with Crippen LogP contribution in [-0.4, -0.2) is 49.8 Å².